The third-order valence-electron chi connectivity index (χ3n) is 3.91. The number of hydrogen-bond acceptors (Lipinski definition) is 3. The van der Waals surface area contributed by atoms with Gasteiger partial charge in [0.2, 0.25) is 0 Å². The highest BCUT2D eigenvalue weighted by molar-refractivity contribution is 6.35. The lowest BCUT2D eigenvalue weighted by Gasteiger charge is -2.30. The molecule has 0 radical (unpaired) electrons. The van der Waals surface area contributed by atoms with E-state index in [1.54, 1.807) is 25.1 Å². The van der Waals surface area contributed by atoms with Crippen molar-refractivity contribution in [1.29, 1.82) is 0 Å². The molecule has 0 aliphatic heterocycles. The smallest absolute Gasteiger partial charge is 0.261 e. The van der Waals surface area contributed by atoms with E-state index in [2.05, 4.69) is 5.32 Å². The van der Waals surface area contributed by atoms with Gasteiger partial charge in [0.15, 0.2) is 6.10 Å². The lowest BCUT2D eigenvalue weighted by Crippen LogP contribution is -2.54. The van der Waals surface area contributed by atoms with Gasteiger partial charge in [-0.1, -0.05) is 36.0 Å². The Kier molecular flexibility index (Phi) is 5.36. The summed E-state index contributed by atoms with van der Waals surface area (Å²) < 4.78 is 5.62. The summed E-state index contributed by atoms with van der Waals surface area (Å²) in [5, 5.41) is 3.95. The zero-order chi connectivity index (χ0) is 15.5. The molecule has 0 saturated heterocycles. The molecule has 0 aromatic heterocycles. The van der Waals surface area contributed by atoms with E-state index in [-0.39, 0.29) is 11.4 Å². The molecule has 1 aliphatic rings. The Hall–Kier alpha value is -0.970. The number of hydrogen-bond donors (Lipinski definition) is 2. The predicted octanol–water partition coefficient (Wildman–Crippen LogP) is 3.15. The third-order valence-corrected chi connectivity index (χ3v) is 4.44. The molecule has 116 valence electrons. The second kappa shape index (κ2) is 6.86. The number of rotatable bonds is 5. The van der Waals surface area contributed by atoms with E-state index in [0.717, 1.165) is 25.7 Å². The fourth-order valence-electron chi connectivity index (χ4n) is 2.61. The van der Waals surface area contributed by atoms with Crippen LogP contribution in [-0.4, -0.2) is 24.1 Å². The maximum absolute atomic E-state index is 12.3. The Bertz CT molecular complexity index is 516. The number of carbonyl (C=O) groups excluding carboxylic acids is 1. The summed E-state index contributed by atoms with van der Waals surface area (Å²) in [7, 11) is 0. The molecule has 1 amide bonds. The van der Waals surface area contributed by atoms with E-state index >= 15 is 0 Å². The Morgan fingerprint density at radius 1 is 1.43 bits per heavy atom. The van der Waals surface area contributed by atoms with E-state index in [1.165, 1.54) is 0 Å². The first-order chi connectivity index (χ1) is 9.96. The molecular weight excluding hydrogens is 311 g/mol. The van der Waals surface area contributed by atoms with Gasteiger partial charge in [-0.25, -0.2) is 0 Å². The molecule has 3 N–H and O–H groups in total. The monoisotopic (exact) mass is 330 g/mol. The van der Waals surface area contributed by atoms with Gasteiger partial charge in [0.25, 0.3) is 5.91 Å². The molecule has 0 spiro atoms. The highest BCUT2D eigenvalue weighted by Gasteiger charge is 2.35. The van der Waals surface area contributed by atoms with E-state index in [0.29, 0.717) is 22.3 Å². The lowest BCUT2D eigenvalue weighted by molar-refractivity contribution is -0.129. The van der Waals surface area contributed by atoms with Crippen LogP contribution in [0.4, 0.5) is 0 Å². The lowest BCUT2D eigenvalue weighted by atomic mass is 9.97. The fourth-order valence-corrected chi connectivity index (χ4v) is 3.06. The second-order valence-electron chi connectivity index (χ2n) is 5.52. The van der Waals surface area contributed by atoms with E-state index in [1.807, 2.05) is 0 Å². The van der Waals surface area contributed by atoms with Gasteiger partial charge in [-0.3, -0.25) is 4.79 Å². The number of halogens is 2. The maximum atomic E-state index is 12.3. The molecule has 1 aliphatic carbocycles. The summed E-state index contributed by atoms with van der Waals surface area (Å²) in [4.78, 5) is 12.3. The first-order valence-electron chi connectivity index (χ1n) is 7.09. The van der Waals surface area contributed by atoms with Crippen molar-refractivity contribution in [2.45, 2.75) is 44.2 Å². The average Bonchev–Trinajstić information content (AvgIpc) is 2.91. The highest BCUT2D eigenvalue weighted by atomic mass is 35.5. The molecule has 6 heteroatoms. The van der Waals surface area contributed by atoms with Gasteiger partial charge in [-0.05, 0) is 38.0 Å². The van der Waals surface area contributed by atoms with Crippen LogP contribution in [-0.2, 0) is 4.79 Å². The van der Waals surface area contributed by atoms with Gasteiger partial charge in [0.05, 0.1) is 10.6 Å². The van der Waals surface area contributed by atoms with Crippen LogP contribution in [0.5, 0.6) is 5.75 Å². The number of nitrogens with one attached hydrogen (secondary N) is 1. The van der Waals surface area contributed by atoms with Crippen LogP contribution in [0.25, 0.3) is 0 Å². The van der Waals surface area contributed by atoms with Gasteiger partial charge >= 0.3 is 0 Å². The largest absolute Gasteiger partial charge is 0.479 e. The highest BCUT2D eigenvalue weighted by Crippen LogP contribution is 2.30. The molecule has 1 atom stereocenters. The summed E-state index contributed by atoms with van der Waals surface area (Å²) >= 11 is 11.9. The molecule has 4 nitrogen and oxygen atoms in total. The molecule has 21 heavy (non-hydrogen) atoms. The first-order valence-corrected chi connectivity index (χ1v) is 7.85. The SMILES string of the molecule is CC(Oc1ccc(Cl)cc1Cl)C(=O)NC1(CN)CCCC1. The molecule has 2 rings (SSSR count). The molecular formula is C15H20Cl2N2O2. The average molecular weight is 331 g/mol. The van der Waals surface area contributed by atoms with Gasteiger partial charge in [-0.2, -0.15) is 0 Å². The number of nitrogens with two attached hydrogens (primary N) is 1. The Morgan fingerprint density at radius 3 is 2.67 bits per heavy atom. The van der Waals surface area contributed by atoms with E-state index in [4.69, 9.17) is 33.7 Å². The zero-order valence-electron chi connectivity index (χ0n) is 12.0. The summed E-state index contributed by atoms with van der Waals surface area (Å²) in [5.41, 5.74) is 5.54. The summed E-state index contributed by atoms with van der Waals surface area (Å²) in [6.45, 7) is 2.15. The van der Waals surface area contributed by atoms with Crippen molar-refractivity contribution < 1.29 is 9.53 Å². The van der Waals surface area contributed by atoms with Gasteiger partial charge in [0, 0.05) is 11.6 Å². The molecule has 1 saturated carbocycles. The molecule has 1 unspecified atom stereocenters. The van der Waals surface area contributed by atoms with Crippen molar-refractivity contribution in [3.63, 3.8) is 0 Å². The normalized spacial score (nSPS) is 18.3. The van der Waals surface area contributed by atoms with Crippen LogP contribution in [0.2, 0.25) is 10.0 Å². The van der Waals surface area contributed by atoms with Crippen molar-refractivity contribution in [2.24, 2.45) is 5.73 Å². The summed E-state index contributed by atoms with van der Waals surface area (Å²) in [6, 6.07) is 4.91. The Balaban J connectivity index is 1.99. The van der Waals surface area contributed by atoms with Gasteiger partial charge < -0.3 is 15.8 Å². The Labute approximate surface area is 134 Å². The van der Waals surface area contributed by atoms with Crippen molar-refractivity contribution in [2.75, 3.05) is 6.54 Å². The number of carbonyl (C=O) groups is 1. The first kappa shape index (κ1) is 16.4. The number of amides is 1. The summed E-state index contributed by atoms with van der Waals surface area (Å²) in [5.74, 6) is 0.269. The van der Waals surface area contributed by atoms with Crippen molar-refractivity contribution in [3.8, 4) is 5.75 Å². The Morgan fingerprint density at radius 2 is 2.10 bits per heavy atom. The van der Waals surface area contributed by atoms with Crippen LogP contribution >= 0.6 is 23.2 Å². The molecule has 1 fully saturated rings. The number of benzene rings is 1. The minimum absolute atomic E-state index is 0.173. The maximum Gasteiger partial charge on any atom is 0.261 e. The summed E-state index contributed by atoms with van der Waals surface area (Å²) in [6.07, 6.45) is 3.38. The van der Waals surface area contributed by atoms with Crippen molar-refractivity contribution in [1.82, 2.24) is 5.32 Å². The van der Waals surface area contributed by atoms with Crippen molar-refractivity contribution in [3.05, 3.63) is 28.2 Å². The van der Waals surface area contributed by atoms with Crippen LogP contribution in [0.3, 0.4) is 0 Å². The van der Waals surface area contributed by atoms with Crippen LogP contribution in [0, 0.1) is 0 Å². The predicted molar refractivity (Wildman–Crippen MR) is 84.9 cm³/mol. The van der Waals surface area contributed by atoms with Crippen molar-refractivity contribution >= 4 is 29.1 Å². The van der Waals surface area contributed by atoms with Crippen LogP contribution < -0.4 is 15.8 Å². The van der Waals surface area contributed by atoms with Crippen LogP contribution in [0.1, 0.15) is 32.6 Å². The topological polar surface area (TPSA) is 64.3 Å². The minimum Gasteiger partial charge on any atom is -0.479 e. The minimum atomic E-state index is -0.646. The zero-order valence-corrected chi connectivity index (χ0v) is 13.5. The molecule has 1 aromatic carbocycles. The van der Waals surface area contributed by atoms with E-state index < -0.39 is 6.10 Å². The fraction of sp³-hybridized carbons (Fsp3) is 0.533. The molecule has 1 aromatic rings. The van der Waals surface area contributed by atoms with Crippen LogP contribution in [0.15, 0.2) is 18.2 Å². The third kappa shape index (κ3) is 4.02. The van der Waals surface area contributed by atoms with Gasteiger partial charge in [-0.15, -0.1) is 0 Å². The molecule has 0 heterocycles. The van der Waals surface area contributed by atoms with E-state index in [9.17, 15) is 4.79 Å². The van der Waals surface area contributed by atoms with Gasteiger partial charge in [0.1, 0.15) is 5.75 Å². The standard InChI is InChI=1S/C15H20Cl2N2O2/c1-10(21-13-5-4-11(16)8-12(13)17)14(20)19-15(9-18)6-2-3-7-15/h4-5,8,10H,2-3,6-7,9,18H2,1H3,(H,19,20). The second-order valence-corrected chi connectivity index (χ2v) is 6.36. The molecule has 0 bridgehead atoms. The number of ether oxygens (including phenoxy) is 1. The quantitative estimate of drug-likeness (QED) is 0.871.